The van der Waals surface area contributed by atoms with E-state index in [1.54, 1.807) is 25.1 Å². The summed E-state index contributed by atoms with van der Waals surface area (Å²) in [5.41, 5.74) is 0.550. The molecule has 0 radical (unpaired) electrons. The van der Waals surface area contributed by atoms with Crippen molar-refractivity contribution in [2.45, 2.75) is 13.0 Å². The average Bonchev–Trinajstić information content (AvgIpc) is 2.91. The number of carbonyl (C=O) groups excluding carboxylic acids is 1. The van der Waals surface area contributed by atoms with Gasteiger partial charge in [-0.2, -0.15) is 0 Å². The molecule has 0 fully saturated rings. The molecule has 0 saturated carbocycles. The van der Waals surface area contributed by atoms with E-state index in [0.717, 1.165) is 8.66 Å². The van der Waals surface area contributed by atoms with Crippen LogP contribution in [0.1, 0.15) is 23.5 Å². The van der Waals surface area contributed by atoms with Crippen LogP contribution >= 0.6 is 27.3 Å². The molecule has 1 aromatic carbocycles. The van der Waals surface area contributed by atoms with Crippen LogP contribution in [-0.2, 0) is 9.53 Å². The Morgan fingerprint density at radius 2 is 2.18 bits per heavy atom. The van der Waals surface area contributed by atoms with Crippen molar-refractivity contribution in [2.75, 3.05) is 0 Å². The minimum Gasteiger partial charge on any atom is -0.455 e. The predicted molar refractivity (Wildman–Crippen MR) is 88.7 cm³/mol. The lowest BCUT2D eigenvalue weighted by atomic mass is 10.1. The first-order valence-corrected chi connectivity index (χ1v) is 7.95. The molecule has 2 aromatic rings. The Kier molecular flexibility index (Phi) is 5.46. The number of carbonyl (C=O) groups is 1. The number of nitro benzene ring substituents is 1. The fourth-order valence-corrected chi connectivity index (χ4v) is 3.07. The summed E-state index contributed by atoms with van der Waals surface area (Å²) in [5, 5.41) is 10.7. The van der Waals surface area contributed by atoms with E-state index in [9.17, 15) is 14.9 Å². The van der Waals surface area contributed by atoms with Crippen molar-refractivity contribution in [3.05, 3.63) is 66.8 Å². The Labute approximate surface area is 139 Å². The molecule has 5 nitrogen and oxygen atoms in total. The van der Waals surface area contributed by atoms with E-state index in [1.165, 1.54) is 29.5 Å². The van der Waals surface area contributed by atoms with Gasteiger partial charge in [0.05, 0.1) is 8.71 Å². The zero-order valence-corrected chi connectivity index (χ0v) is 14.0. The second kappa shape index (κ2) is 7.33. The van der Waals surface area contributed by atoms with Gasteiger partial charge in [-0.25, -0.2) is 4.79 Å². The zero-order valence-electron chi connectivity index (χ0n) is 11.6. The van der Waals surface area contributed by atoms with Crippen molar-refractivity contribution in [2.24, 2.45) is 0 Å². The Morgan fingerprint density at radius 3 is 2.82 bits per heavy atom. The van der Waals surface area contributed by atoms with Crippen LogP contribution < -0.4 is 0 Å². The number of non-ortho nitro benzene ring substituents is 1. The van der Waals surface area contributed by atoms with Crippen molar-refractivity contribution < 1.29 is 14.5 Å². The predicted octanol–water partition coefficient (Wildman–Crippen LogP) is 4.74. The molecule has 0 saturated heterocycles. The Morgan fingerprint density at radius 1 is 1.41 bits per heavy atom. The second-order valence-corrected chi connectivity index (χ2v) is 6.90. The third-order valence-electron chi connectivity index (χ3n) is 2.82. The number of thiophene rings is 1. The average molecular weight is 382 g/mol. The first-order valence-electron chi connectivity index (χ1n) is 6.34. The highest BCUT2D eigenvalue weighted by atomic mass is 79.9. The van der Waals surface area contributed by atoms with Crippen LogP contribution in [-0.4, -0.2) is 10.9 Å². The second-order valence-electron chi connectivity index (χ2n) is 4.41. The van der Waals surface area contributed by atoms with Crippen LogP contribution in [0.2, 0.25) is 0 Å². The topological polar surface area (TPSA) is 69.4 Å². The monoisotopic (exact) mass is 381 g/mol. The molecule has 0 spiro atoms. The van der Waals surface area contributed by atoms with Crippen LogP contribution in [0.5, 0.6) is 0 Å². The largest absolute Gasteiger partial charge is 0.455 e. The summed E-state index contributed by atoms with van der Waals surface area (Å²) < 4.78 is 6.22. The van der Waals surface area contributed by atoms with E-state index in [-0.39, 0.29) is 5.69 Å². The Balaban J connectivity index is 2.00. The molecule has 0 bridgehead atoms. The summed E-state index contributed by atoms with van der Waals surface area (Å²) in [6, 6.07) is 9.82. The summed E-state index contributed by atoms with van der Waals surface area (Å²) in [7, 11) is 0. The molecule has 2 rings (SSSR count). The van der Waals surface area contributed by atoms with Crippen LogP contribution in [0, 0.1) is 10.1 Å². The fraction of sp³-hybridized carbons (Fsp3) is 0.133. The number of nitrogens with zero attached hydrogens (tertiary/aromatic N) is 1. The summed E-state index contributed by atoms with van der Waals surface area (Å²) in [6.07, 6.45) is 2.44. The van der Waals surface area contributed by atoms with E-state index in [2.05, 4.69) is 15.9 Å². The third-order valence-corrected chi connectivity index (χ3v) is 4.41. The number of hydrogen-bond donors (Lipinski definition) is 0. The van der Waals surface area contributed by atoms with Gasteiger partial charge in [0.25, 0.3) is 5.69 Å². The molecule has 22 heavy (non-hydrogen) atoms. The number of hydrogen-bond acceptors (Lipinski definition) is 5. The van der Waals surface area contributed by atoms with Gasteiger partial charge in [0.1, 0.15) is 6.10 Å². The van der Waals surface area contributed by atoms with Gasteiger partial charge in [-0.1, -0.05) is 12.1 Å². The van der Waals surface area contributed by atoms with Crippen molar-refractivity contribution in [1.29, 1.82) is 0 Å². The molecule has 0 aliphatic carbocycles. The standard InChI is InChI=1S/C15H12BrNO4S/c1-10(11-3-2-4-12(9-11)17(19)20)21-15(18)8-6-13-5-7-14(16)22-13/h2-10H,1H3/b8-6+/t10-/m1/s1. The van der Waals surface area contributed by atoms with E-state index in [4.69, 9.17) is 4.74 Å². The third kappa shape index (κ3) is 4.51. The smallest absolute Gasteiger partial charge is 0.331 e. The van der Waals surface area contributed by atoms with Crippen molar-refractivity contribution in [1.82, 2.24) is 0 Å². The van der Waals surface area contributed by atoms with E-state index >= 15 is 0 Å². The van der Waals surface area contributed by atoms with Crippen molar-refractivity contribution in [3.8, 4) is 0 Å². The SMILES string of the molecule is C[C@@H](OC(=O)/C=C/c1ccc(Br)s1)c1cccc([N+](=O)[O-])c1. The molecule has 0 unspecified atom stereocenters. The van der Waals surface area contributed by atoms with Gasteiger partial charge >= 0.3 is 5.97 Å². The highest BCUT2D eigenvalue weighted by Gasteiger charge is 2.13. The number of esters is 1. The van der Waals surface area contributed by atoms with Gasteiger partial charge in [-0.05, 0) is 46.6 Å². The molecule has 0 aliphatic heterocycles. The first-order chi connectivity index (χ1) is 10.5. The number of rotatable bonds is 5. The van der Waals surface area contributed by atoms with Crippen molar-refractivity contribution >= 4 is 45.0 Å². The molecule has 0 amide bonds. The lowest BCUT2D eigenvalue weighted by Gasteiger charge is -2.11. The van der Waals surface area contributed by atoms with Crippen LogP contribution in [0.4, 0.5) is 5.69 Å². The van der Waals surface area contributed by atoms with Crippen LogP contribution in [0.3, 0.4) is 0 Å². The van der Waals surface area contributed by atoms with Gasteiger partial charge in [0.2, 0.25) is 0 Å². The molecule has 114 valence electrons. The van der Waals surface area contributed by atoms with E-state index in [1.807, 2.05) is 12.1 Å². The summed E-state index contributed by atoms with van der Waals surface area (Å²) >= 11 is 4.84. The molecule has 0 aliphatic rings. The minimum atomic E-state index is -0.563. The maximum Gasteiger partial charge on any atom is 0.331 e. The van der Waals surface area contributed by atoms with Crippen LogP contribution in [0.15, 0.2) is 46.3 Å². The lowest BCUT2D eigenvalue weighted by molar-refractivity contribution is -0.385. The zero-order chi connectivity index (χ0) is 16.1. The van der Waals surface area contributed by atoms with Gasteiger partial charge in [-0.3, -0.25) is 10.1 Å². The van der Waals surface area contributed by atoms with Gasteiger partial charge < -0.3 is 4.74 Å². The van der Waals surface area contributed by atoms with Gasteiger partial charge in [-0.15, -0.1) is 11.3 Å². The highest BCUT2D eigenvalue weighted by molar-refractivity contribution is 9.11. The van der Waals surface area contributed by atoms with E-state index < -0.39 is 17.0 Å². The number of benzene rings is 1. The fourth-order valence-electron chi connectivity index (χ4n) is 1.74. The quantitative estimate of drug-likeness (QED) is 0.324. The summed E-state index contributed by atoms with van der Waals surface area (Å²) in [4.78, 5) is 23.0. The van der Waals surface area contributed by atoms with E-state index in [0.29, 0.717) is 5.56 Å². The molecule has 7 heteroatoms. The minimum absolute atomic E-state index is 0.0284. The number of nitro groups is 1. The van der Waals surface area contributed by atoms with Gasteiger partial charge in [0.15, 0.2) is 0 Å². The molecule has 1 aromatic heterocycles. The Bertz CT molecular complexity index is 726. The maximum absolute atomic E-state index is 11.8. The maximum atomic E-state index is 11.8. The molecular formula is C15H12BrNO4S. The number of ether oxygens (including phenoxy) is 1. The highest BCUT2D eigenvalue weighted by Crippen LogP contribution is 2.24. The lowest BCUT2D eigenvalue weighted by Crippen LogP contribution is -2.06. The first kappa shape index (κ1) is 16.4. The number of halogens is 1. The van der Waals surface area contributed by atoms with Crippen LogP contribution in [0.25, 0.3) is 6.08 Å². The summed E-state index contributed by atoms with van der Waals surface area (Å²) in [5.74, 6) is -0.497. The normalized spacial score (nSPS) is 12.3. The Hall–Kier alpha value is -1.99. The van der Waals surface area contributed by atoms with Crippen molar-refractivity contribution in [3.63, 3.8) is 0 Å². The molecular weight excluding hydrogens is 370 g/mol. The molecule has 0 N–H and O–H groups in total. The molecule has 1 atom stereocenters. The van der Waals surface area contributed by atoms with Gasteiger partial charge in [0, 0.05) is 23.1 Å². The molecule has 1 heterocycles. The summed E-state index contributed by atoms with van der Waals surface area (Å²) in [6.45, 7) is 1.67.